The van der Waals surface area contributed by atoms with Crippen LogP contribution in [0.5, 0.6) is 0 Å². The summed E-state index contributed by atoms with van der Waals surface area (Å²) in [6, 6.07) is 5.58. The fourth-order valence-corrected chi connectivity index (χ4v) is 3.12. The van der Waals surface area contributed by atoms with E-state index in [0.29, 0.717) is 5.75 Å². The third-order valence-corrected chi connectivity index (χ3v) is 4.18. The van der Waals surface area contributed by atoms with Crippen molar-refractivity contribution in [3.8, 4) is 0 Å². The average Bonchev–Trinajstić information content (AvgIpc) is 2.36. The molecule has 0 atom stereocenters. The van der Waals surface area contributed by atoms with Crippen LogP contribution in [0.2, 0.25) is 0 Å². The van der Waals surface area contributed by atoms with Crippen molar-refractivity contribution < 1.29 is 14.7 Å². The van der Waals surface area contributed by atoms with Crippen molar-refractivity contribution in [2.24, 2.45) is 0 Å². The Labute approximate surface area is 130 Å². The number of carbonyl (C=O) groups excluding carboxylic acids is 1. The van der Waals surface area contributed by atoms with E-state index in [2.05, 4.69) is 0 Å². The highest BCUT2D eigenvalue weighted by Gasteiger charge is 2.20. The normalized spacial score (nSPS) is 11.0. The maximum absolute atomic E-state index is 12.3. The van der Waals surface area contributed by atoms with Gasteiger partial charge >= 0.3 is 5.97 Å². The molecule has 116 valence electrons. The summed E-state index contributed by atoms with van der Waals surface area (Å²) in [5.74, 6) is -0.548. The monoisotopic (exact) mass is 309 g/mol. The molecule has 5 heteroatoms. The molecule has 0 radical (unpaired) electrons. The second-order valence-electron chi connectivity index (χ2n) is 5.56. The minimum Gasteiger partial charge on any atom is -0.478 e. The number of thioether (sulfide) groups is 1. The van der Waals surface area contributed by atoms with E-state index in [1.807, 2.05) is 38.7 Å². The van der Waals surface area contributed by atoms with Gasteiger partial charge in [0.25, 0.3) is 0 Å². The molecular formula is C16H23NO3S. The molecule has 1 N–H and O–H groups in total. The van der Waals surface area contributed by atoms with Crippen LogP contribution in [0.25, 0.3) is 0 Å². The van der Waals surface area contributed by atoms with E-state index >= 15 is 0 Å². The summed E-state index contributed by atoms with van der Waals surface area (Å²) in [7, 11) is 0. The molecule has 0 unspecified atom stereocenters. The zero-order chi connectivity index (χ0) is 16.2. The van der Waals surface area contributed by atoms with Gasteiger partial charge in [0.15, 0.2) is 0 Å². The predicted molar refractivity (Wildman–Crippen MR) is 86.0 cm³/mol. The Hall–Kier alpha value is -1.49. The van der Waals surface area contributed by atoms with Crippen molar-refractivity contribution in [3.63, 3.8) is 0 Å². The van der Waals surface area contributed by atoms with Gasteiger partial charge in [-0.3, -0.25) is 4.79 Å². The molecule has 0 saturated heterocycles. The fourth-order valence-electron chi connectivity index (χ4n) is 2.31. The van der Waals surface area contributed by atoms with Crippen molar-refractivity contribution >= 4 is 23.6 Å². The highest BCUT2D eigenvalue weighted by Crippen LogP contribution is 2.22. The molecule has 4 nitrogen and oxygen atoms in total. The van der Waals surface area contributed by atoms with Gasteiger partial charge in [-0.05, 0) is 52.3 Å². The molecule has 21 heavy (non-hydrogen) atoms. The number of aryl methyl sites for hydroxylation is 1. The van der Waals surface area contributed by atoms with Crippen LogP contribution in [0.15, 0.2) is 23.1 Å². The predicted octanol–water partition coefficient (Wildman–Crippen LogP) is 3.43. The molecule has 0 heterocycles. The highest BCUT2D eigenvalue weighted by molar-refractivity contribution is 8.00. The summed E-state index contributed by atoms with van der Waals surface area (Å²) in [5.41, 5.74) is 1.01. The lowest BCUT2D eigenvalue weighted by atomic mass is 10.1. The van der Waals surface area contributed by atoms with E-state index in [0.717, 1.165) is 10.5 Å². The quantitative estimate of drug-likeness (QED) is 0.818. The van der Waals surface area contributed by atoms with Gasteiger partial charge in [0.1, 0.15) is 0 Å². The molecule has 0 fully saturated rings. The van der Waals surface area contributed by atoms with Crippen molar-refractivity contribution in [2.75, 3.05) is 5.75 Å². The first kappa shape index (κ1) is 17.6. The standard InChI is InChI=1S/C16H23NO3S/c1-10(2)17(11(3)4)15(18)9-21-13-7-6-12(5)14(8-13)16(19)20/h6-8,10-11H,9H2,1-5H3,(H,19,20). The van der Waals surface area contributed by atoms with Gasteiger partial charge in [-0.1, -0.05) is 6.07 Å². The molecule has 0 saturated carbocycles. The first-order valence-corrected chi connectivity index (χ1v) is 8.00. The maximum atomic E-state index is 12.3. The van der Waals surface area contributed by atoms with E-state index in [9.17, 15) is 9.59 Å². The van der Waals surface area contributed by atoms with Gasteiger partial charge in [0, 0.05) is 17.0 Å². The van der Waals surface area contributed by atoms with Crippen LogP contribution < -0.4 is 0 Å². The Morgan fingerprint density at radius 3 is 2.24 bits per heavy atom. The number of amides is 1. The van der Waals surface area contributed by atoms with E-state index in [1.165, 1.54) is 11.8 Å². The minimum atomic E-state index is -0.938. The van der Waals surface area contributed by atoms with Crippen molar-refractivity contribution in [1.29, 1.82) is 0 Å². The van der Waals surface area contributed by atoms with E-state index < -0.39 is 5.97 Å². The van der Waals surface area contributed by atoms with Gasteiger partial charge in [0.2, 0.25) is 5.91 Å². The van der Waals surface area contributed by atoms with Crippen LogP contribution in [-0.4, -0.2) is 39.7 Å². The fraction of sp³-hybridized carbons (Fsp3) is 0.500. The second kappa shape index (κ2) is 7.50. The van der Waals surface area contributed by atoms with Crippen molar-refractivity contribution in [3.05, 3.63) is 29.3 Å². The lowest BCUT2D eigenvalue weighted by molar-refractivity contribution is -0.131. The second-order valence-corrected chi connectivity index (χ2v) is 6.61. The molecular weight excluding hydrogens is 286 g/mol. The van der Waals surface area contributed by atoms with Crippen LogP contribution in [0.4, 0.5) is 0 Å². The largest absolute Gasteiger partial charge is 0.478 e. The molecule has 0 bridgehead atoms. The lowest BCUT2D eigenvalue weighted by Crippen LogP contribution is -2.43. The molecule has 1 aromatic carbocycles. The summed E-state index contributed by atoms with van der Waals surface area (Å²) in [6.45, 7) is 9.75. The minimum absolute atomic E-state index is 0.0717. The van der Waals surface area contributed by atoms with Gasteiger partial charge in [0.05, 0.1) is 11.3 Å². The Morgan fingerprint density at radius 2 is 1.76 bits per heavy atom. The Kier molecular flexibility index (Phi) is 6.27. The van der Waals surface area contributed by atoms with Crippen molar-refractivity contribution in [1.82, 2.24) is 4.90 Å². The molecule has 1 amide bonds. The van der Waals surface area contributed by atoms with E-state index in [1.54, 1.807) is 19.1 Å². The number of hydrogen-bond donors (Lipinski definition) is 1. The van der Waals surface area contributed by atoms with E-state index in [-0.39, 0.29) is 23.6 Å². The number of rotatable bonds is 6. The summed E-state index contributed by atoms with van der Waals surface area (Å²) >= 11 is 1.38. The Balaban J connectivity index is 2.77. The molecule has 0 aliphatic rings. The average molecular weight is 309 g/mol. The number of hydrogen-bond acceptors (Lipinski definition) is 3. The summed E-state index contributed by atoms with van der Waals surface area (Å²) in [4.78, 5) is 26.0. The molecule has 1 rings (SSSR count). The third-order valence-electron chi connectivity index (χ3n) is 3.20. The van der Waals surface area contributed by atoms with Crippen LogP contribution in [0.3, 0.4) is 0 Å². The van der Waals surface area contributed by atoms with Crippen LogP contribution in [0, 0.1) is 6.92 Å². The summed E-state index contributed by atoms with van der Waals surface area (Å²) < 4.78 is 0. The molecule has 1 aromatic rings. The molecule has 0 aromatic heterocycles. The zero-order valence-electron chi connectivity index (χ0n) is 13.2. The number of benzene rings is 1. The molecule has 0 aliphatic carbocycles. The van der Waals surface area contributed by atoms with Crippen molar-refractivity contribution in [2.45, 2.75) is 51.6 Å². The highest BCUT2D eigenvalue weighted by atomic mass is 32.2. The van der Waals surface area contributed by atoms with Crippen LogP contribution in [0.1, 0.15) is 43.6 Å². The van der Waals surface area contributed by atoms with E-state index in [4.69, 9.17) is 5.11 Å². The first-order valence-electron chi connectivity index (χ1n) is 7.02. The molecule has 0 aliphatic heterocycles. The van der Waals surface area contributed by atoms with Crippen LogP contribution >= 0.6 is 11.8 Å². The van der Waals surface area contributed by atoms with Gasteiger partial charge in [-0.25, -0.2) is 4.79 Å². The topological polar surface area (TPSA) is 57.6 Å². The first-order chi connectivity index (χ1) is 9.73. The SMILES string of the molecule is Cc1ccc(SCC(=O)N(C(C)C)C(C)C)cc1C(=O)O. The number of carboxylic acid groups (broad SMARTS) is 1. The van der Waals surface area contributed by atoms with Gasteiger partial charge in [-0.15, -0.1) is 11.8 Å². The van der Waals surface area contributed by atoms with Gasteiger partial charge in [-0.2, -0.15) is 0 Å². The van der Waals surface area contributed by atoms with Gasteiger partial charge < -0.3 is 10.0 Å². The Bertz CT molecular complexity index is 518. The number of carboxylic acids is 1. The smallest absolute Gasteiger partial charge is 0.335 e. The number of aromatic carboxylic acids is 1. The number of nitrogens with zero attached hydrogens (tertiary/aromatic N) is 1. The number of carbonyl (C=O) groups is 2. The van der Waals surface area contributed by atoms with Crippen LogP contribution in [-0.2, 0) is 4.79 Å². The summed E-state index contributed by atoms with van der Waals surface area (Å²) in [5, 5.41) is 9.12. The summed E-state index contributed by atoms with van der Waals surface area (Å²) in [6.07, 6.45) is 0. The maximum Gasteiger partial charge on any atom is 0.335 e. The lowest BCUT2D eigenvalue weighted by Gasteiger charge is -2.30. The Morgan fingerprint density at radius 1 is 1.19 bits per heavy atom. The third kappa shape index (κ3) is 4.77. The molecule has 0 spiro atoms. The zero-order valence-corrected chi connectivity index (χ0v) is 14.0.